The Morgan fingerprint density at radius 3 is 2.84 bits per heavy atom. The SMILES string of the molecule is CN=C(NCCCc1nc2ccccc2s1)NCc1ncnn1C.I. The summed E-state index contributed by atoms with van der Waals surface area (Å²) >= 11 is 1.77. The van der Waals surface area contributed by atoms with E-state index in [0.717, 1.165) is 36.7 Å². The van der Waals surface area contributed by atoms with E-state index >= 15 is 0 Å². The minimum Gasteiger partial charge on any atom is -0.356 e. The number of nitrogens with one attached hydrogen (secondary N) is 2. The number of hydrogen-bond acceptors (Lipinski definition) is 5. The lowest BCUT2D eigenvalue weighted by Gasteiger charge is -2.11. The molecule has 2 N–H and O–H groups in total. The summed E-state index contributed by atoms with van der Waals surface area (Å²) in [5, 5.41) is 11.8. The number of para-hydroxylation sites is 1. The molecule has 0 radical (unpaired) electrons. The third kappa shape index (κ3) is 5.36. The van der Waals surface area contributed by atoms with Crippen molar-refractivity contribution in [2.24, 2.45) is 12.0 Å². The second-order valence-electron chi connectivity index (χ2n) is 5.33. The molecule has 0 saturated heterocycles. The molecule has 3 rings (SSSR count). The lowest BCUT2D eigenvalue weighted by Crippen LogP contribution is -2.38. The van der Waals surface area contributed by atoms with Gasteiger partial charge in [0.25, 0.3) is 0 Å². The number of aryl methyl sites for hydroxylation is 2. The Morgan fingerprint density at radius 1 is 1.28 bits per heavy atom. The predicted octanol–water partition coefficient (Wildman–Crippen LogP) is 2.34. The van der Waals surface area contributed by atoms with Gasteiger partial charge in [0.1, 0.15) is 12.2 Å². The molecule has 134 valence electrons. The molecular weight excluding hydrogens is 449 g/mol. The number of halogens is 1. The van der Waals surface area contributed by atoms with E-state index in [9.17, 15) is 0 Å². The first-order valence-electron chi connectivity index (χ1n) is 7.88. The van der Waals surface area contributed by atoms with E-state index in [-0.39, 0.29) is 24.0 Å². The highest BCUT2D eigenvalue weighted by atomic mass is 127. The molecule has 0 saturated carbocycles. The average Bonchev–Trinajstić information content (AvgIpc) is 3.19. The molecule has 0 atom stereocenters. The van der Waals surface area contributed by atoms with Gasteiger partial charge in [-0.15, -0.1) is 35.3 Å². The molecule has 0 amide bonds. The van der Waals surface area contributed by atoms with Gasteiger partial charge in [-0.05, 0) is 18.6 Å². The van der Waals surface area contributed by atoms with Crippen molar-refractivity contribution in [1.29, 1.82) is 0 Å². The average molecular weight is 471 g/mol. The number of aliphatic imine (C=N–C) groups is 1. The van der Waals surface area contributed by atoms with Gasteiger partial charge in [0.05, 0.1) is 21.8 Å². The van der Waals surface area contributed by atoms with E-state index in [1.54, 1.807) is 29.4 Å². The van der Waals surface area contributed by atoms with Crippen LogP contribution in [0.2, 0.25) is 0 Å². The van der Waals surface area contributed by atoms with Crippen LogP contribution in [0.4, 0.5) is 0 Å². The third-order valence-electron chi connectivity index (χ3n) is 3.64. The van der Waals surface area contributed by atoms with Crippen LogP contribution in [0.15, 0.2) is 35.6 Å². The van der Waals surface area contributed by atoms with Gasteiger partial charge in [-0.3, -0.25) is 9.67 Å². The van der Waals surface area contributed by atoms with Gasteiger partial charge in [0.2, 0.25) is 0 Å². The molecule has 1 aromatic carbocycles. The van der Waals surface area contributed by atoms with Gasteiger partial charge >= 0.3 is 0 Å². The molecule has 9 heteroatoms. The summed E-state index contributed by atoms with van der Waals surface area (Å²) in [4.78, 5) is 13.1. The lowest BCUT2D eigenvalue weighted by molar-refractivity contribution is 0.668. The van der Waals surface area contributed by atoms with Gasteiger partial charge < -0.3 is 10.6 Å². The lowest BCUT2D eigenvalue weighted by atomic mass is 10.3. The summed E-state index contributed by atoms with van der Waals surface area (Å²) in [5.74, 6) is 1.63. The molecule has 0 spiro atoms. The second-order valence-corrected chi connectivity index (χ2v) is 6.45. The number of fused-ring (bicyclic) bond motifs is 1. The van der Waals surface area contributed by atoms with Gasteiger partial charge in [0, 0.05) is 27.1 Å². The maximum absolute atomic E-state index is 4.66. The van der Waals surface area contributed by atoms with Crippen molar-refractivity contribution in [3.8, 4) is 0 Å². The maximum atomic E-state index is 4.66. The van der Waals surface area contributed by atoms with E-state index in [0.29, 0.717) is 6.54 Å². The van der Waals surface area contributed by atoms with Crippen molar-refractivity contribution < 1.29 is 0 Å². The van der Waals surface area contributed by atoms with Crippen LogP contribution in [0.25, 0.3) is 10.2 Å². The number of nitrogens with zero attached hydrogens (tertiary/aromatic N) is 5. The topological polar surface area (TPSA) is 80.0 Å². The Balaban J connectivity index is 0.00000225. The second kappa shape index (κ2) is 9.66. The standard InChI is InChI=1S/C16H21N7S.HI/c1-17-16(19-10-14-20-11-21-23(14)2)18-9-5-8-15-22-12-6-3-4-7-13(12)24-15;/h3-4,6-7,11H,5,8-10H2,1-2H3,(H2,17,18,19);1H. The fourth-order valence-corrected chi connectivity index (χ4v) is 3.35. The van der Waals surface area contributed by atoms with E-state index in [1.807, 2.05) is 13.1 Å². The smallest absolute Gasteiger partial charge is 0.191 e. The van der Waals surface area contributed by atoms with E-state index in [2.05, 4.69) is 48.9 Å². The predicted molar refractivity (Wildman–Crippen MR) is 113 cm³/mol. The first kappa shape index (κ1) is 19.6. The molecule has 2 aromatic heterocycles. The van der Waals surface area contributed by atoms with E-state index in [1.165, 1.54) is 9.71 Å². The van der Waals surface area contributed by atoms with Crippen LogP contribution >= 0.6 is 35.3 Å². The molecule has 0 unspecified atom stereocenters. The van der Waals surface area contributed by atoms with Crippen molar-refractivity contribution >= 4 is 51.5 Å². The summed E-state index contributed by atoms with van der Waals surface area (Å²) < 4.78 is 2.99. The van der Waals surface area contributed by atoms with Crippen LogP contribution in [-0.2, 0) is 20.0 Å². The zero-order valence-corrected chi connectivity index (χ0v) is 17.4. The van der Waals surface area contributed by atoms with Crippen LogP contribution in [-0.4, -0.2) is 39.3 Å². The zero-order valence-electron chi connectivity index (χ0n) is 14.3. The summed E-state index contributed by atoms with van der Waals surface area (Å²) in [5.41, 5.74) is 1.09. The normalized spacial score (nSPS) is 11.4. The Labute approximate surface area is 168 Å². The molecule has 2 heterocycles. The van der Waals surface area contributed by atoms with Crippen LogP contribution in [0.3, 0.4) is 0 Å². The highest BCUT2D eigenvalue weighted by Gasteiger charge is 2.04. The molecule has 3 aromatic rings. The van der Waals surface area contributed by atoms with Crippen LogP contribution in [0.5, 0.6) is 0 Å². The number of rotatable bonds is 6. The number of benzene rings is 1. The van der Waals surface area contributed by atoms with E-state index in [4.69, 9.17) is 0 Å². The third-order valence-corrected chi connectivity index (χ3v) is 4.74. The van der Waals surface area contributed by atoms with Crippen molar-refractivity contribution in [3.63, 3.8) is 0 Å². The number of thiazole rings is 1. The highest BCUT2D eigenvalue weighted by molar-refractivity contribution is 14.0. The molecule has 0 bridgehead atoms. The molecule has 0 aliphatic heterocycles. The zero-order chi connectivity index (χ0) is 16.8. The maximum Gasteiger partial charge on any atom is 0.191 e. The van der Waals surface area contributed by atoms with Gasteiger partial charge in [-0.25, -0.2) is 9.97 Å². The van der Waals surface area contributed by atoms with Crippen molar-refractivity contribution in [2.75, 3.05) is 13.6 Å². The fraction of sp³-hybridized carbons (Fsp3) is 0.375. The fourth-order valence-electron chi connectivity index (χ4n) is 2.34. The number of aromatic nitrogens is 4. The minimum absolute atomic E-state index is 0. The highest BCUT2D eigenvalue weighted by Crippen LogP contribution is 2.22. The molecule has 25 heavy (non-hydrogen) atoms. The number of guanidine groups is 1. The summed E-state index contributed by atoms with van der Waals surface area (Å²) in [6.45, 7) is 1.43. The van der Waals surface area contributed by atoms with Crippen LogP contribution in [0.1, 0.15) is 17.3 Å². The Kier molecular flexibility index (Phi) is 7.56. The first-order chi connectivity index (χ1) is 11.8. The Bertz CT molecular complexity index is 794. The van der Waals surface area contributed by atoms with Crippen LogP contribution < -0.4 is 10.6 Å². The largest absolute Gasteiger partial charge is 0.356 e. The van der Waals surface area contributed by atoms with E-state index < -0.39 is 0 Å². The molecule has 0 aliphatic rings. The Hall–Kier alpha value is -1.75. The van der Waals surface area contributed by atoms with Crippen molar-refractivity contribution in [2.45, 2.75) is 19.4 Å². The first-order valence-corrected chi connectivity index (χ1v) is 8.70. The molecule has 0 fully saturated rings. The molecule has 0 aliphatic carbocycles. The monoisotopic (exact) mass is 471 g/mol. The van der Waals surface area contributed by atoms with Crippen molar-refractivity contribution in [3.05, 3.63) is 41.4 Å². The van der Waals surface area contributed by atoms with Crippen LogP contribution in [0, 0.1) is 0 Å². The van der Waals surface area contributed by atoms with Gasteiger partial charge in [0.15, 0.2) is 5.96 Å². The summed E-state index contributed by atoms with van der Waals surface area (Å²) in [7, 11) is 3.64. The van der Waals surface area contributed by atoms with Gasteiger partial charge in [-0.2, -0.15) is 5.10 Å². The van der Waals surface area contributed by atoms with Gasteiger partial charge in [-0.1, -0.05) is 12.1 Å². The van der Waals surface area contributed by atoms with Crippen molar-refractivity contribution in [1.82, 2.24) is 30.4 Å². The summed E-state index contributed by atoms with van der Waals surface area (Å²) in [6, 6.07) is 8.26. The molecular formula is C16H22IN7S. The number of hydrogen-bond donors (Lipinski definition) is 2. The quantitative estimate of drug-likeness (QED) is 0.250. The molecule has 7 nitrogen and oxygen atoms in total. The summed E-state index contributed by atoms with van der Waals surface area (Å²) in [6.07, 6.45) is 3.52. The Morgan fingerprint density at radius 2 is 2.12 bits per heavy atom. The minimum atomic E-state index is 0.